The van der Waals surface area contributed by atoms with Crippen LogP contribution in [-0.4, -0.2) is 35.4 Å². The number of phenols is 1. The monoisotopic (exact) mass is 365 g/mol. The first-order valence-corrected chi connectivity index (χ1v) is 8.29. The average Bonchev–Trinajstić information content (AvgIpc) is 2.69. The van der Waals surface area contributed by atoms with Gasteiger partial charge >= 0.3 is 0 Å². The number of carbonyl (C=O) groups excluding carboxylic acids is 1. The Labute approximate surface area is 156 Å². The number of hydrazone groups is 1. The van der Waals surface area contributed by atoms with Crippen LogP contribution in [0, 0.1) is 0 Å². The number of amides is 1. The van der Waals surface area contributed by atoms with Gasteiger partial charge in [0.25, 0.3) is 5.91 Å². The molecule has 0 spiro atoms. The van der Waals surface area contributed by atoms with Gasteiger partial charge in [-0.25, -0.2) is 5.43 Å². The van der Waals surface area contributed by atoms with E-state index in [0.29, 0.717) is 22.6 Å². The summed E-state index contributed by atoms with van der Waals surface area (Å²) in [6.45, 7) is 1.62. The Bertz CT molecular complexity index is 983. The van der Waals surface area contributed by atoms with Crippen molar-refractivity contribution in [3.8, 4) is 17.2 Å². The highest BCUT2D eigenvalue weighted by atomic mass is 16.5. The maximum Gasteiger partial charge on any atom is 0.280 e. The molecule has 7 nitrogen and oxygen atoms in total. The second kappa shape index (κ2) is 8.18. The number of fused-ring (bicyclic) bond motifs is 1. The Balaban J connectivity index is 1.66. The summed E-state index contributed by atoms with van der Waals surface area (Å²) in [4.78, 5) is 16.5. The first-order chi connectivity index (χ1) is 13.1. The third-order valence-electron chi connectivity index (χ3n) is 3.88. The lowest BCUT2D eigenvalue weighted by atomic mass is 10.2. The van der Waals surface area contributed by atoms with Gasteiger partial charge in [-0.15, -0.1) is 0 Å². The smallest absolute Gasteiger partial charge is 0.280 e. The molecule has 0 fully saturated rings. The average molecular weight is 365 g/mol. The molecule has 1 atom stereocenters. The van der Waals surface area contributed by atoms with Gasteiger partial charge in [0.1, 0.15) is 22.8 Å². The fourth-order valence-corrected chi connectivity index (χ4v) is 2.43. The van der Waals surface area contributed by atoms with E-state index in [-0.39, 0.29) is 5.75 Å². The summed E-state index contributed by atoms with van der Waals surface area (Å²) in [5.41, 5.74) is 3.50. The van der Waals surface area contributed by atoms with Gasteiger partial charge in [0, 0.05) is 17.1 Å². The number of benzene rings is 2. The van der Waals surface area contributed by atoms with Crippen molar-refractivity contribution < 1.29 is 19.4 Å². The number of aromatic nitrogens is 1. The lowest BCUT2D eigenvalue weighted by molar-refractivity contribution is -0.127. The van der Waals surface area contributed by atoms with Crippen LogP contribution >= 0.6 is 0 Å². The fourth-order valence-electron chi connectivity index (χ4n) is 2.43. The molecule has 2 N–H and O–H groups in total. The minimum atomic E-state index is -0.784. The van der Waals surface area contributed by atoms with Crippen molar-refractivity contribution >= 4 is 23.0 Å². The SMILES string of the molecule is COc1ccc(O)c(/C=N/NC(=O)[C@@H](C)Oc2cccc3cccnc23)c1. The molecule has 138 valence electrons. The van der Waals surface area contributed by atoms with Crippen LogP contribution in [0.25, 0.3) is 10.9 Å². The third-order valence-corrected chi connectivity index (χ3v) is 3.88. The molecular weight excluding hydrogens is 346 g/mol. The Morgan fingerprint density at radius 3 is 2.89 bits per heavy atom. The number of nitrogens with zero attached hydrogens (tertiary/aromatic N) is 2. The molecule has 3 rings (SSSR count). The maximum absolute atomic E-state index is 12.2. The molecule has 0 bridgehead atoms. The summed E-state index contributed by atoms with van der Waals surface area (Å²) < 4.78 is 10.8. The normalized spacial score (nSPS) is 12.1. The molecule has 1 aromatic heterocycles. The predicted molar refractivity (Wildman–Crippen MR) is 102 cm³/mol. The van der Waals surface area contributed by atoms with Gasteiger partial charge in [0.05, 0.1) is 13.3 Å². The van der Waals surface area contributed by atoms with Gasteiger partial charge < -0.3 is 14.6 Å². The zero-order valence-electron chi connectivity index (χ0n) is 14.9. The highest BCUT2D eigenvalue weighted by molar-refractivity contribution is 5.87. The lowest BCUT2D eigenvalue weighted by Gasteiger charge is -2.14. The summed E-state index contributed by atoms with van der Waals surface area (Å²) in [7, 11) is 1.52. The Morgan fingerprint density at radius 1 is 1.26 bits per heavy atom. The van der Waals surface area contributed by atoms with E-state index in [2.05, 4.69) is 15.5 Å². The van der Waals surface area contributed by atoms with Gasteiger partial charge in [0.15, 0.2) is 6.10 Å². The van der Waals surface area contributed by atoms with Gasteiger partial charge in [-0.3, -0.25) is 9.78 Å². The summed E-state index contributed by atoms with van der Waals surface area (Å²) >= 11 is 0. The van der Waals surface area contributed by atoms with Crippen molar-refractivity contribution in [2.75, 3.05) is 7.11 Å². The summed E-state index contributed by atoms with van der Waals surface area (Å²) in [5, 5.41) is 14.6. The summed E-state index contributed by atoms with van der Waals surface area (Å²) in [5.74, 6) is 0.687. The molecule has 0 radical (unpaired) electrons. The standard InChI is InChI=1S/C20H19N3O4/c1-13(27-18-7-3-5-14-6-4-10-21-19(14)18)20(25)23-22-12-15-11-16(26-2)8-9-17(15)24/h3-13,24H,1-2H3,(H,23,25)/b22-12+/t13-/m1/s1. The van der Waals surface area contributed by atoms with E-state index >= 15 is 0 Å². The van der Waals surface area contributed by atoms with Crippen molar-refractivity contribution in [1.29, 1.82) is 0 Å². The second-order valence-electron chi connectivity index (χ2n) is 5.75. The number of para-hydroxylation sites is 1. The fraction of sp³-hybridized carbons (Fsp3) is 0.150. The van der Waals surface area contributed by atoms with E-state index in [4.69, 9.17) is 9.47 Å². The number of ether oxygens (including phenoxy) is 2. The van der Waals surface area contributed by atoms with Gasteiger partial charge in [-0.1, -0.05) is 18.2 Å². The molecule has 0 aliphatic heterocycles. The molecule has 1 amide bonds. The van der Waals surface area contributed by atoms with Crippen molar-refractivity contribution in [1.82, 2.24) is 10.4 Å². The molecule has 1 heterocycles. The number of hydrogen-bond acceptors (Lipinski definition) is 6. The topological polar surface area (TPSA) is 93.0 Å². The number of phenolic OH excluding ortho intramolecular Hbond substituents is 1. The first kappa shape index (κ1) is 18.2. The number of nitrogens with one attached hydrogen (secondary N) is 1. The number of aromatic hydroxyl groups is 1. The van der Waals surface area contributed by atoms with Gasteiger partial charge in [-0.05, 0) is 37.3 Å². The summed E-state index contributed by atoms with van der Waals surface area (Å²) in [6, 6.07) is 14.0. The van der Waals surface area contributed by atoms with Crippen molar-refractivity contribution in [2.45, 2.75) is 13.0 Å². The lowest BCUT2D eigenvalue weighted by Crippen LogP contribution is -2.33. The van der Waals surface area contributed by atoms with Crippen molar-refractivity contribution in [3.05, 3.63) is 60.3 Å². The maximum atomic E-state index is 12.2. The number of hydrogen-bond donors (Lipinski definition) is 2. The number of pyridine rings is 1. The predicted octanol–water partition coefficient (Wildman–Crippen LogP) is 2.87. The molecule has 0 saturated carbocycles. The number of rotatable bonds is 6. The van der Waals surface area contributed by atoms with E-state index in [1.165, 1.54) is 19.4 Å². The van der Waals surface area contributed by atoms with Crippen LogP contribution in [0.3, 0.4) is 0 Å². The van der Waals surface area contributed by atoms with Crippen LogP contribution in [0.2, 0.25) is 0 Å². The third kappa shape index (κ3) is 4.33. The van der Waals surface area contributed by atoms with Crippen molar-refractivity contribution in [3.63, 3.8) is 0 Å². The minimum absolute atomic E-state index is 0.0277. The van der Waals surface area contributed by atoms with E-state index in [1.54, 1.807) is 31.3 Å². The minimum Gasteiger partial charge on any atom is -0.507 e. The Kier molecular flexibility index (Phi) is 5.51. The first-order valence-electron chi connectivity index (χ1n) is 8.29. The van der Waals surface area contributed by atoms with Crippen LogP contribution < -0.4 is 14.9 Å². The molecular formula is C20H19N3O4. The van der Waals surface area contributed by atoms with Crippen LogP contribution in [0.15, 0.2) is 59.8 Å². The molecule has 3 aromatic rings. The van der Waals surface area contributed by atoms with Crippen LogP contribution in [0.1, 0.15) is 12.5 Å². The molecule has 0 unspecified atom stereocenters. The van der Waals surface area contributed by atoms with Crippen LogP contribution in [0.5, 0.6) is 17.2 Å². The zero-order valence-corrected chi connectivity index (χ0v) is 14.9. The largest absolute Gasteiger partial charge is 0.507 e. The van der Waals surface area contributed by atoms with Gasteiger partial charge in [-0.2, -0.15) is 5.10 Å². The molecule has 7 heteroatoms. The molecule has 27 heavy (non-hydrogen) atoms. The molecule has 0 saturated heterocycles. The summed E-state index contributed by atoms with van der Waals surface area (Å²) in [6.07, 6.45) is 2.22. The highest BCUT2D eigenvalue weighted by Crippen LogP contribution is 2.24. The molecule has 0 aliphatic rings. The van der Waals surface area contributed by atoms with Crippen LogP contribution in [-0.2, 0) is 4.79 Å². The van der Waals surface area contributed by atoms with E-state index in [9.17, 15) is 9.90 Å². The Hall–Kier alpha value is -3.61. The van der Waals surface area contributed by atoms with Gasteiger partial charge in [0.2, 0.25) is 0 Å². The van der Waals surface area contributed by atoms with E-state index < -0.39 is 12.0 Å². The number of methoxy groups -OCH3 is 1. The Morgan fingerprint density at radius 2 is 2.07 bits per heavy atom. The highest BCUT2D eigenvalue weighted by Gasteiger charge is 2.15. The van der Waals surface area contributed by atoms with Crippen LogP contribution in [0.4, 0.5) is 0 Å². The molecule has 0 aliphatic carbocycles. The zero-order chi connectivity index (χ0) is 19.2. The molecule has 2 aromatic carbocycles. The van der Waals surface area contributed by atoms with E-state index in [0.717, 1.165) is 5.39 Å². The quantitative estimate of drug-likeness (QED) is 0.518. The van der Waals surface area contributed by atoms with Crippen molar-refractivity contribution in [2.24, 2.45) is 5.10 Å². The second-order valence-corrected chi connectivity index (χ2v) is 5.75. The van der Waals surface area contributed by atoms with E-state index in [1.807, 2.05) is 24.3 Å². The number of carbonyl (C=O) groups is 1.